The van der Waals surface area contributed by atoms with Gasteiger partial charge in [0.2, 0.25) is 5.91 Å². The minimum atomic E-state index is -0.0190. The number of carbonyl (C=O) groups excluding carboxylic acids is 1. The lowest BCUT2D eigenvalue weighted by Crippen LogP contribution is -2.38. The van der Waals surface area contributed by atoms with Gasteiger partial charge in [0.25, 0.3) is 0 Å². The number of rotatable bonds is 2. The van der Waals surface area contributed by atoms with E-state index in [0.29, 0.717) is 0 Å². The minimum absolute atomic E-state index is 0.0190. The number of halogens is 1. The van der Waals surface area contributed by atoms with E-state index in [-0.39, 0.29) is 22.6 Å². The quantitative estimate of drug-likeness (QED) is 0.689. The molecule has 0 atom stereocenters. The molecule has 1 aliphatic rings. The van der Waals surface area contributed by atoms with Gasteiger partial charge >= 0.3 is 0 Å². The summed E-state index contributed by atoms with van der Waals surface area (Å²) in [5, 5.41) is 0. The normalized spacial score (nSPS) is 22.5. The summed E-state index contributed by atoms with van der Waals surface area (Å²) in [5.41, 5.74) is 2.85. The summed E-state index contributed by atoms with van der Waals surface area (Å²) >= 11 is 5.64. The lowest BCUT2D eigenvalue weighted by molar-refractivity contribution is -0.126. The van der Waals surface area contributed by atoms with E-state index in [0.717, 1.165) is 18.5 Å². The van der Waals surface area contributed by atoms with Gasteiger partial charge < -0.3 is 4.90 Å². The van der Waals surface area contributed by atoms with Gasteiger partial charge in [-0.05, 0) is 36.2 Å². The molecule has 0 bridgehead atoms. The molecule has 1 rings (SSSR count). The summed E-state index contributed by atoms with van der Waals surface area (Å²) in [6.45, 7) is 11.2. The van der Waals surface area contributed by atoms with Gasteiger partial charge in [0, 0.05) is 12.7 Å². The highest BCUT2D eigenvalue weighted by Crippen LogP contribution is 2.49. The van der Waals surface area contributed by atoms with E-state index in [1.54, 1.807) is 4.90 Å². The molecule has 0 aromatic heterocycles. The molecule has 17 heavy (non-hydrogen) atoms. The van der Waals surface area contributed by atoms with Crippen LogP contribution in [0.1, 0.15) is 47.5 Å². The molecule has 0 fully saturated rings. The lowest BCUT2D eigenvalue weighted by Gasteiger charge is -2.44. The number of hydrogen-bond acceptors (Lipinski definition) is 1. The number of allylic oxidation sites excluding steroid dienone is 2. The molecule has 98 valence electrons. The third-order valence-corrected chi connectivity index (χ3v) is 4.14. The van der Waals surface area contributed by atoms with Crippen LogP contribution in [0.4, 0.5) is 0 Å². The molecule has 1 amide bonds. The van der Waals surface area contributed by atoms with Crippen molar-refractivity contribution < 1.29 is 4.79 Å². The molecule has 1 aliphatic carbocycles. The third-order valence-electron chi connectivity index (χ3n) is 3.91. The molecule has 0 aromatic carbocycles. The zero-order valence-electron chi connectivity index (χ0n) is 11.9. The molecule has 2 nitrogen and oxygen atoms in total. The van der Waals surface area contributed by atoms with Crippen LogP contribution in [0.5, 0.6) is 0 Å². The van der Waals surface area contributed by atoms with Crippen molar-refractivity contribution in [3.8, 4) is 0 Å². The van der Waals surface area contributed by atoms with E-state index >= 15 is 0 Å². The van der Waals surface area contributed by atoms with Crippen LogP contribution in [0, 0.1) is 10.8 Å². The first kappa shape index (κ1) is 14.6. The van der Waals surface area contributed by atoms with Crippen LogP contribution in [-0.2, 0) is 4.79 Å². The molecule has 0 aliphatic heterocycles. The van der Waals surface area contributed by atoms with Crippen molar-refractivity contribution in [2.75, 3.05) is 12.9 Å². The Kier molecular flexibility index (Phi) is 3.97. The van der Waals surface area contributed by atoms with E-state index < -0.39 is 0 Å². The van der Waals surface area contributed by atoms with Crippen LogP contribution < -0.4 is 0 Å². The molecule has 0 radical (unpaired) electrons. The topological polar surface area (TPSA) is 20.3 Å². The van der Waals surface area contributed by atoms with E-state index in [2.05, 4.69) is 34.6 Å². The molecule has 0 unspecified atom stereocenters. The monoisotopic (exact) mass is 257 g/mol. The van der Waals surface area contributed by atoms with Crippen molar-refractivity contribution in [1.82, 2.24) is 4.90 Å². The highest BCUT2D eigenvalue weighted by molar-refractivity contribution is 6.27. The van der Waals surface area contributed by atoms with E-state index in [1.165, 1.54) is 5.57 Å². The molecule has 0 saturated heterocycles. The SMILES string of the molecule is CC1=C(N(C)C(=O)CCl)CC(C)(C)CC1(C)C. The summed E-state index contributed by atoms with van der Waals surface area (Å²) < 4.78 is 0. The first-order chi connectivity index (χ1) is 7.60. The molecular weight excluding hydrogens is 234 g/mol. The summed E-state index contributed by atoms with van der Waals surface area (Å²) in [5.74, 6) is 0.0308. The third kappa shape index (κ3) is 3.04. The van der Waals surface area contributed by atoms with Crippen LogP contribution in [0.15, 0.2) is 11.3 Å². The fraction of sp³-hybridized carbons (Fsp3) is 0.786. The van der Waals surface area contributed by atoms with Crippen molar-refractivity contribution in [3.05, 3.63) is 11.3 Å². The zero-order chi connectivity index (χ0) is 13.4. The van der Waals surface area contributed by atoms with Gasteiger partial charge in [-0.1, -0.05) is 27.7 Å². The smallest absolute Gasteiger partial charge is 0.241 e. The molecule has 0 spiro atoms. The van der Waals surface area contributed by atoms with E-state index in [1.807, 2.05) is 7.05 Å². The first-order valence-corrected chi connectivity index (χ1v) is 6.67. The fourth-order valence-corrected chi connectivity index (χ4v) is 3.16. The van der Waals surface area contributed by atoms with Gasteiger partial charge in [-0.3, -0.25) is 4.79 Å². The summed E-state index contributed by atoms with van der Waals surface area (Å²) in [4.78, 5) is 13.5. The van der Waals surface area contributed by atoms with Gasteiger partial charge in [0.1, 0.15) is 5.88 Å². The van der Waals surface area contributed by atoms with Crippen LogP contribution in [0.3, 0.4) is 0 Å². The van der Waals surface area contributed by atoms with Gasteiger partial charge in [-0.25, -0.2) is 0 Å². The van der Waals surface area contributed by atoms with Crippen molar-refractivity contribution in [2.45, 2.75) is 47.5 Å². The Hall–Kier alpha value is -0.500. The summed E-state index contributed by atoms with van der Waals surface area (Å²) in [6.07, 6.45) is 2.10. The second-order valence-corrected chi connectivity index (χ2v) is 6.83. The molecular formula is C14H24ClNO. The van der Waals surface area contributed by atoms with Crippen LogP contribution in [0.2, 0.25) is 0 Å². The number of nitrogens with zero attached hydrogens (tertiary/aromatic N) is 1. The van der Waals surface area contributed by atoms with Crippen molar-refractivity contribution in [1.29, 1.82) is 0 Å². The van der Waals surface area contributed by atoms with E-state index in [9.17, 15) is 4.79 Å². The maximum atomic E-state index is 11.7. The average molecular weight is 258 g/mol. The van der Waals surface area contributed by atoms with E-state index in [4.69, 9.17) is 11.6 Å². The average Bonchev–Trinajstić information content (AvgIpc) is 2.19. The summed E-state index contributed by atoms with van der Waals surface area (Å²) in [7, 11) is 1.83. The molecule has 0 N–H and O–H groups in total. The van der Waals surface area contributed by atoms with Gasteiger partial charge in [0.05, 0.1) is 0 Å². The standard InChI is InChI=1S/C14H24ClNO/c1-10-11(16(6)12(17)8-15)7-13(2,3)9-14(10,4)5/h7-9H2,1-6H3. The second kappa shape index (κ2) is 4.64. The van der Waals surface area contributed by atoms with Gasteiger partial charge in [-0.2, -0.15) is 0 Å². The van der Waals surface area contributed by atoms with Crippen LogP contribution >= 0.6 is 11.6 Å². The van der Waals surface area contributed by atoms with Crippen molar-refractivity contribution in [3.63, 3.8) is 0 Å². The molecule has 0 saturated carbocycles. The largest absolute Gasteiger partial charge is 0.318 e. The fourth-order valence-electron chi connectivity index (χ4n) is 2.98. The van der Waals surface area contributed by atoms with Gasteiger partial charge in [0.15, 0.2) is 0 Å². The number of amides is 1. The van der Waals surface area contributed by atoms with Crippen LogP contribution in [-0.4, -0.2) is 23.7 Å². The number of hydrogen-bond donors (Lipinski definition) is 0. The molecule has 0 aromatic rings. The first-order valence-electron chi connectivity index (χ1n) is 6.13. The van der Waals surface area contributed by atoms with Crippen LogP contribution in [0.25, 0.3) is 0 Å². The Morgan fingerprint density at radius 3 is 2.35 bits per heavy atom. The maximum Gasteiger partial charge on any atom is 0.241 e. The highest BCUT2D eigenvalue weighted by Gasteiger charge is 2.38. The number of alkyl halides is 1. The number of carbonyl (C=O) groups is 1. The second-order valence-electron chi connectivity index (χ2n) is 6.56. The van der Waals surface area contributed by atoms with Crippen molar-refractivity contribution in [2.24, 2.45) is 10.8 Å². The predicted octanol–water partition coefficient (Wildman–Crippen LogP) is 3.80. The Balaban J connectivity index is 3.15. The lowest BCUT2D eigenvalue weighted by atomic mass is 9.64. The van der Waals surface area contributed by atoms with Gasteiger partial charge in [-0.15, -0.1) is 11.6 Å². The Morgan fingerprint density at radius 2 is 1.88 bits per heavy atom. The summed E-state index contributed by atoms with van der Waals surface area (Å²) in [6, 6.07) is 0. The molecule has 0 heterocycles. The minimum Gasteiger partial charge on any atom is -0.318 e. The Labute approximate surface area is 110 Å². The molecule has 3 heteroatoms. The predicted molar refractivity (Wildman–Crippen MR) is 73.0 cm³/mol. The Bertz CT molecular complexity index is 355. The van der Waals surface area contributed by atoms with Crippen molar-refractivity contribution >= 4 is 17.5 Å². The highest BCUT2D eigenvalue weighted by atomic mass is 35.5. The Morgan fingerprint density at radius 1 is 1.35 bits per heavy atom. The zero-order valence-corrected chi connectivity index (χ0v) is 12.6. The maximum absolute atomic E-state index is 11.7.